The Bertz CT molecular complexity index is 1240. The number of ether oxygens (including phenoxy) is 1. The van der Waals surface area contributed by atoms with Crippen LogP contribution in [0.25, 0.3) is 10.9 Å². The first-order valence-electron chi connectivity index (χ1n) is 13.3. The summed E-state index contributed by atoms with van der Waals surface area (Å²) in [7, 11) is 1.58. The van der Waals surface area contributed by atoms with Crippen LogP contribution in [0.3, 0.4) is 0 Å². The van der Waals surface area contributed by atoms with Crippen LogP contribution in [0, 0.1) is 28.6 Å². The Kier molecular flexibility index (Phi) is 6.84. The summed E-state index contributed by atoms with van der Waals surface area (Å²) in [6, 6.07) is 8.44. The van der Waals surface area contributed by atoms with Gasteiger partial charge in [-0.1, -0.05) is 25.3 Å². The smallest absolute Gasteiger partial charge is 0.271 e. The van der Waals surface area contributed by atoms with Crippen molar-refractivity contribution in [3.8, 4) is 11.8 Å². The van der Waals surface area contributed by atoms with Gasteiger partial charge in [0.1, 0.15) is 17.5 Å². The van der Waals surface area contributed by atoms with Crippen molar-refractivity contribution >= 4 is 28.6 Å². The van der Waals surface area contributed by atoms with Gasteiger partial charge in [-0.2, -0.15) is 5.26 Å². The summed E-state index contributed by atoms with van der Waals surface area (Å²) >= 11 is 0. The highest BCUT2D eigenvalue weighted by molar-refractivity contribution is 6.02. The van der Waals surface area contributed by atoms with Crippen LogP contribution in [0.5, 0.6) is 5.75 Å². The number of nitrogens with two attached hydrogens (primary N) is 1. The minimum atomic E-state index is -0.806. The molecule has 3 heterocycles. The number of rotatable bonds is 6. The van der Waals surface area contributed by atoms with E-state index in [-0.39, 0.29) is 23.1 Å². The predicted molar refractivity (Wildman–Crippen MR) is 137 cm³/mol. The highest BCUT2D eigenvalue weighted by Crippen LogP contribution is 2.54. The second-order valence-corrected chi connectivity index (χ2v) is 10.9. The monoisotopic (exact) mass is 505 g/mol. The van der Waals surface area contributed by atoms with E-state index in [2.05, 4.69) is 16.4 Å². The number of H-pyrrole nitrogens is 1. The number of carbonyl (C=O) groups excluding carboxylic acids is 3. The van der Waals surface area contributed by atoms with E-state index in [9.17, 15) is 19.6 Å². The Labute approximate surface area is 216 Å². The molecule has 0 radical (unpaired) electrons. The first kappa shape index (κ1) is 25.1. The molecule has 2 unspecified atom stereocenters. The minimum absolute atomic E-state index is 0.0331. The maximum absolute atomic E-state index is 14.2. The van der Waals surface area contributed by atoms with Gasteiger partial charge in [0.2, 0.25) is 11.8 Å². The Morgan fingerprint density at radius 2 is 2.05 bits per heavy atom. The second kappa shape index (κ2) is 10.1. The fraction of sp³-hybridized carbons (Fsp3) is 0.571. The van der Waals surface area contributed by atoms with Gasteiger partial charge in [-0.15, -0.1) is 0 Å². The molecule has 2 aromatic rings. The maximum atomic E-state index is 14.2. The van der Waals surface area contributed by atoms with Crippen molar-refractivity contribution in [2.24, 2.45) is 23.0 Å². The van der Waals surface area contributed by atoms with Crippen molar-refractivity contribution in [2.45, 2.75) is 69.9 Å². The summed E-state index contributed by atoms with van der Waals surface area (Å²) in [4.78, 5) is 44.4. The molecule has 9 nitrogen and oxygen atoms in total. The molecule has 2 aliphatic heterocycles. The number of hydrogen-bond donors (Lipinski definition) is 3. The highest BCUT2D eigenvalue weighted by atomic mass is 16.5. The third kappa shape index (κ3) is 4.43. The van der Waals surface area contributed by atoms with E-state index < -0.39 is 23.9 Å². The van der Waals surface area contributed by atoms with Gasteiger partial charge >= 0.3 is 0 Å². The van der Waals surface area contributed by atoms with Crippen LogP contribution in [-0.4, -0.2) is 53.3 Å². The van der Waals surface area contributed by atoms with E-state index in [0.717, 1.165) is 55.8 Å². The van der Waals surface area contributed by atoms with Crippen LogP contribution in [-0.2, 0) is 9.59 Å². The second-order valence-electron chi connectivity index (χ2n) is 10.9. The third-order valence-electron chi connectivity index (χ3n) is 8.83. The van der Waals surface area contributed by atoms with E-state index in [1.807, 2.05) is 18.2 Å². The Morgan fingerprint density at radius 1 is 1.27 bits per heavy atom. The van der Waals surface area contributed by atoms with Crippen LogP contribution in [0.15, 0.2) is 24.3 Å². The van der Waals surface area contributed by atoms with Gasteiger partial charge in [0, 0.05) is 23.4 Å². The average Bonchev–Trinajstić information content (AvgIpc) is 3.48. The lowest BCUT2D eigenvalue weighted by Gasteiger charge is -2.43. The molecular weight excluding hydrogens is 470 g/mol. The molecule has 1 aliphatic carbocycles. The molecule has 1 aromatic carbocycles. The fourth-order valence-electron chi connectivity index (χ4n) is 7.15. The number of amides is 3. The number of methoxy groups -OCH3 is 1. The number of fused-ring (bicyclic) bond motifs is 1. The normalized spacial score (nSPS) is 26.0. The molecule has 5 rings (SSSR count). The number of primary amides is 1. The first-order chi connectivity index (χ1) is 17.9. The zero-order chi connectivity index (χ0) is 26.2. The molecule has 0 bridgehead atoms. The number of likely N-dealkylation sites (tertiary alicyclic amines) is 1. The molecule has 1 aromatic heterocycles. The van der Waals surface area contributed by atoms with Crippen LogP contribution < -0.4 is 15.8 Å². The fourth-order valence-corrected chi connectivity index (χ4v) is 7.15. The SMILES string of the molecule is COc1cccc2[nH]c(C(=O)N3C(C(N)=O)CC4(CCCCC4)C3[C@@H](C#N)C[C@@H]3CCCNC3=O)cc12. The topological polar surface area (TPSA) is 141 Å². The van der Waals surface area contributed by atoms with Crippen molar-refractivity contribution in [1.82, 2.24) is 15.2 Å². The van der Waals surface area contributed by atoms with Crippen LogP contribution >= 0.6 is 0 Å². The summed E-state index contributed by atoms with van der Waals surface area (Å²) in [6.45, 7) is 0.651. The summed E-state index contributed by atoms with van der Waals surface area (Å²) in [6.07, 6.45) is 7.13. The molecule has 9 heteroatoms. The number of aromatic amines is 1. The predicted octanol–water partition coefficient (Wildman–Crippen LogP) is 3.25. The zero-order valence-corrected chi connectivity index (χ0v) is 21.3. The molecule has 4 N–H and O–H groups in total. The van der Waals surface area contributed by atoms with E-state index in [0.29, 0.717) is 30.8 Å². The maximum Gasteiger partial charge on any atom is 0.271 e. The molecular formula is C28H35N5O4. The largest absolute Gasteiger partial charge is 0.496 e. The number of carbonyl (C=O) groups is 3. The van der Waals surface area contributed by atoms with Gasteiger partial charge in [0.15, 0.2) is 0 Å². The third-order valence-corrected chi connectivity index (χ3v) is 8.83. The van der Waals surface area contributed by atoms with E-state index in [1.165, 1.54) is 0 Å². The van der Waals surface area contributed by atoms with Crippen LogP contribution in [0.1, 0.15) is 68.3 Å². The molecule has 3 aliphatic rings. The van der Waals surface area contributed by atoms with Crippen molar-refractivity contribution in [2.75, 3.05) is 13.7 Å². The molecule has 37 heavy (non-hydrogen) atoms. The molecule has 2 saturated heterocycles. The van der Waals surface area contributed by atoms with Gasteiger partial charge in [0.25, 0.3) is 5.91 Å². The van der Waals surface area contributed by atoms with E-state index >= 15 is 0 Å². The number of benzene rings is 1. The van der Waals surface area contributed by atoms with Gasteiger partial charge in [-0.05, 0) is 62.1 Å². The molecule has 1 saturated carbocycles. The molecule has 196 valence electrons. The molecule has 3 fully saturated rings. The van der Waals surface area contributed by atoms with Gasteiger partial charge in [0.05, 0.1) is 25.1 Å². The van der Waals surface area contributed by atoms with Gasteiger partial charge in [-0.25, -0.2) is 0 Å². The number of piperidine rings is 1. The quantitative estimate of drug-likeness (QED) is 0.553. The Hall–Kier alpha value is -3.54. The van der Waals surface area contributed by atoms with E-state index in [4.69, 9.17) is 10.5 Å². The first-order valence-corrected chi connectivity index (χ1v) is 13.3. The summed E-state index contributed by atoms with van der Waals surface area (Å²) < 4.78 is 5.47. The minimum Gasteiger partial charge on any atom is -0.496 e. The highest BCUT2D eigenvalue weighted by Gasteiger charge is 2.58. The molecule has 3 amide bonds. The number of nitrogens with one attached hydrogen (secondary N) is 2. The lowest BCUT2D eigenvalue weighted by atomic mass is 9.64. The molecule has 4 atom stereocenters. The summed E-state index contributed by atoms with van der Waals surface area (Å²) in [5.41, 5.74) is 6.62. The van der Waals surface area contributed by atoms with Crippen molar-refractivity contribution < 1.29 is 19.1 Å². The van der Waals surface area contributed by atoms with Crippen molar-refractivity contribution in [1.29, 1.82) is 5.26 Å². The lowest BCUT2D eigenvalue weighted by molar-refractivity contribution is -0.127. The number of nitrogens with zero attached hydrogens (tertiary/aromatic N) is 2. The van der Waals surface area contributed by atoms with Crippen LogP contribution in [0.2, 0.25) is 0 Å². The Balaban J connectivity index is 1.57. The summed E-state index contributed by atoms with van der Waals surface area (Å²) in [5, 5.41) is 14.1. The lowest BCUT2D eigenvalue weighted by Crippen LogP contribution is -2.53. The number of hydrogen-bond acceptors (Lipinski definition) is 5. The number of aromatic nitrogens is 1. The van der Waals surface area contributed by atoms with Crippen molar-refractivity contribution in [3.63, 3.8) is 0 Å². The van der Waals surface area contributed by atoms with Gasteiger partial charge in [-0.3, -0.25) is 14.4 Å². The van der Waals surface area contributed by atoms with Crippen LogP contribution in [0.4, 0.5) is 0 Å². The summed E-state index contributed by atoms with van der Waals surface area (Å²) in [5.74, 6) is -1.15. The average molecular weight is 506 g/mol. The number of nitriles is 1. The standard InChI is InChI=1S/C28H35N5O4/c1-37-23-9-5-8-20-19(23)14-21(32-20)27(36)33-22(25(30)34)15-28(10-3-2-4-11-28)24(33)18(16-29)13-17-7-6-12-31-26(17)35/h5,8-9,14,17-18,22,24,32H,2-4,6-7,10-13,15H2,1H3,(H2,30,34)(H,31,35)/t17-,18+,22?,24?/m0/s1. The van der Waals surface area contributed by atoms with Gasteiger partial charge < -0.3 is 25.7 Å². The Morgan fingerprint density at radius 3 is 2.73 bits per heavy atom. The van der Waals surface area contributed by atoms with Crippen molar-refractivity contribution in [3.05, 3.63) is 30.0 Å². The zero-order valence-electron chi connectivity index (χ0n) is 21.3. The van der Waals surface area contributed by atoms with E-state index in [1.54, 1.807) is 18.1 Å². The molecule has 1 spiro atoms.